The second-order valence-corrected chi connectivity index (χ2v) is 7.21. The zero-order valence-electron chi connectivity index (χ0n) is 13.4. The van der Waals surface area contributed by atoms with Crippen molar-refractivity contribution in [3.05, 3.63) is 69.1 Å². The molecule has 5 nitrogen and oxygen atoms in total. The summed E-state index contributed by atoms with van der Waals surface area (Å²) in [5.41, 5.74) is 2.04. The number of nitrogens with one attached hydrogen (secondary N) is 1. The zero-order chi connectivity index (χ0) is 17.2. The second-order valence-electron chi connectivity index (χ2n) is 5.80. The maximum absolute atomic E-state index is 9.05. The van der Waals surface area contributed by atoms with Crippen LogP contribution in [0.1, 0.15) is 28.7 Å². The van der Waals surface area contributed by atoms with Crippen LogP contribution < -0.4 is 5.32 Å². The van der Waals surface area contributed by atoms with Crippen molar-refractivity contribution in [2.24, 2.45) is 0 Å². The number of hydrogen-bond donors (Lipinski definition) is 2. The molecule has 3 aromatic rings. The van der Waals surface area contributed by atoms with E-state index < -0.39 is 0 Å². The molecule has 1 aliphatic rings. The first kappa shape index (κ1) is 16.3. The summed E-state index contributed by atoms with van der Waals surface area (Å²) >= 11 is 7.71. The van der Waals surface area contributed by atoms with E-state index in [1.807, 2.05) is 35.0 Å². The molecular weight excluding hydrogens is 356 g/mol. The van der Waals surface area contributed by atoms with Crippen molar-refractivity contribution >= 4 is 34.6 Å². The predicted molar refractivity (Wildman–Crippen MR) is 101 cm³/mol. The van der Waals surface area contributed by atoms with Crippen LogP contribution in [0.3, 0.4) is 0 Å². The third kappa shape index (κ3) is 3.33. The van der Waals surface area contributed by atoms with Gasteiger partial charge in [0.15, 0.2) is 5.82 Å². The van der Waals surface area contributed by atoms with Gasteiger partial charge >= 0.3 is 0 Å². The number of aromatic nitrogens is 3. The van der Waals surface area contributed by atoms with Crippen molar-refractivity contribution in [2.75, 3.05) is 11.9 Å². The van der Waals surface area contributed by atoms with Crippen molar-refractivity contribution in [2.45, 2.75) is 18.9 Å². The average Bonchev–Trinajstić information content (AvgIpc) is 3.29. The Morgan fingerprint density at radius 3 is 2.80 bits per heavy atom. The lowest BCUT2D eigenvalue weighted by Gasteiger charge is -2.23. The van der Waals surface area contributed by atoms with Crippen molar-refractivity contribution < 1.29 is 5.11 Å². The largest absolute Gasteiger partial charge is 0.396 e. The molecule has 4 rings (SSSR count). The van der Waals surface area contributed by atoms with Crippen LogP contribution >= 0.6 is 22.9 Å². The summed E-state index contributed by atoms with van der Waals surface area (Å²) in [5.74, 6) is 1.46. The number of aliphatic hydroxyl groups is 1. The number of fused-ring (bicyclic) bond motifs is 1. The van der Waals surface area contributed by atoms with Gasteiger partial charge in [0.25, 0.3) is 0 Å². The summed E-state index contributed by atoms with van der Waals surface area (Å²) in [5, 5.41) is 19.8. The minimum absolute atomic E-state index is 0.00250. The Balaban J connectivity index is 1.74. The monoisotopic (exact) mass is 372 g/mol. The number of aryl methyl sites for hydroxylation is 1. The molecule has 0 spiro atoms. The van der Waals surface area contributed by atoms with E-state index in [1.165, 1.54) is 4.88 Å². The van der Waals surface area contributed by atoms with Crippen LogP contribution in [0.4, 0.5) is 5.95 Å². The van der Waals surface area contributed by atoms with Gasteiger partial charge in [0.2, 0.25) is 5.95 Å². The fourth-order valence-electron chi connectivity index (χ4n) is 2.84. The highest BCUT2D eigenvalue weighted by Gasteiger charge is 2.25. The Hall–Kier alpha value is -2.15. The fourth-order valence-corrected chi connectivity index (χ4v) is 3.75. The van der Waals surface area contributed by atoms with E-state index in [0.717, 1.165) is 23.0 Å². The molecule has 3 heterocycles. The Bertz CT molecular complexity index is 886. The quantitative estimate of drug-likeness (QED) is 0.711. The van der Waals surface area contributed by atoms with Crippen molar-refractivity contribution in [3.63, 3.8) is 0 Å². The van der Waals surface area contributed by atoms with Crippen LogP contribution in [-0.2, 0) is 6.42 Å². The third-order valence-corrected chi connectivity index (χ3v) is 5.25. The first-order chi connectivity index (χ1) is 12.2. The Morgan fingerprint density at radius 1 is 1.24 bits per heavy atom. The highest BCUT2D eigenvalue weighted by Crippen LogP contribution is 2.34. The number of allylic oxidation sites excluding steroid dienone is 1. The normalized spacial score (nSPS) is 16.2. The van der Waals surface area contributed by atoms with Crippen molar-refractivity contribution in [1.82, 2.24) is 14.8 Å². The second kappa shape index (κ2) is 7.00. The molecule has 0 aliphatic carbocycles. The molecule has 128 valence electrons. The van der Waals surface area contributed by atoms with Gasteiger partial charge in [0.05, 0.1) is 0 Å². The van der Waals surface area contributed by atoms with Crippen molar-refractivity contribution in [1.29, 1.82) is 0 Å². The summed E-state index contributed by atoms with van der Waals surface area (Å²) < 4.78 is 1.91. The number of nitrogens with zero attached hydrogens (tertiary/aromatic N) is 3. The summed E-state index contributed by atoms with van der Waals surface area (Å²) in [7, 11) is 0. The summed E-state index contributed by atoms with van der Waals surface area (Å²) in [4.78, 5) is 5.81. The van der Waals surface area contributed by atoms with E-state index >= 15 is 0 Å². The zero-order valence-corrected chi connectivity index (χ0v) is 15.0. The highest BCUT2D eigenvalue weighted by molar-refractivity contribution is 7.10. The van der Waals surface area contributed by atoms with Gasteiger partial charge in [0.1, 0.15) is 6.04 Å². The van der Waals surface area contributed by atoms with Gasteiger partial charge in [-0.1, -0.05) is 29.8 Å². The Labute approximate surface area is 154 Å². The molecule has 0 saturated carbocycles. The maximum atomic E-state index is 9.05. The number of hydrogen-bond acceptors (Lipinski definition) is 5. The van der Waals surface area contributed by atoms with E-state index in [0.29, 0.717) is 17.9 Å². The molecule has 1 aromatic carbocycles. The number of rotatable bonds is 5. The SMILES string of the molecule is OCCCc1nc2n(n1)[C@H](c1cccs1)C=C(c1ccc(Cl)cc1)N2. The molecule has 0 bridgehead atoms. The summed E-state index contributed by atoms with van der Waals surface area (Å²) in [6.07, 6.45) is 3.47. The summed E-state index contributed by atoms with van der Waals surface area (Å²) in [6.45, 7) is 0.139. The average molecular weight is 373 g/mol. The minimum atomic E-state index is -0.00250. The molecular formula is C18H17ClN4OS. The van der Waals surface area contributed by atoms with Crippen LogP contribution in [0, 0.1) is 0 Å². The van der Waals surface area contributed by atoms with Crippen LogP contribution in [0.2, 0.25) is 5.02 Å². The topological polar surface area (TPSA) is 63.0 Å². The van der Waals surface area contributed by atoms with Gasteiger partial charge in [-0.3, -0.25) is 0 Å². The molecule has 1 aliphatic heterocycles. The highest BCUT2D eigenvalue weighted by atomic mass is 35.5. The standard InChI is InChI=1S/C18H17ClN4OS/c19-13-7-5-12(6-8-13)14-11-15(16-3-2-10-25-16)23-18(20-14)21-17(22-23)4-1-9-24/h2-3,5-8,10-11,15,24H,1,4,9H2,(H,20,21,22)/t15-/m0/s1. The molecule has 2 N–H and O–H groups in total. The lowest BCUT2D eigenvalue weighted by Crippen LogP contribution is -2.19. The molecule has 0 saturated heterocycles. The molecule has 0 fully saturated rings. The molecule has 0 radical (unpaired) electrons. The van der Waals surface area contributed by atoms with Crippen LogP contribution in [-0.4, -0.2) is 26.5 Å². The number of halogens is 1. The lowest BCUT2D eigenvalue weighted by molar-refractivity contribution is 0.287. The van der Waals surface area contributed by atoms with E-state index in [4.69, 9.17) is 16.7 Å². The molecule has 7 heteroatoms. The number of aliphatic hydroxyl groups excluding tert-OH is 1. The van der Waals surface area contributed by atoms with E-state index in [-0.39, 0.29) is 12.6 Å². The number of anilines is 1. The van der Waals surface area contributed by atoms with Gasteiger partial charge in [0, 0.05) is 28.6 Å². The predicted octanol–water partition coefficient (Wildman–Crippen LogP) is 3.97. The lowest BCUT2D eigenvalue weighted by atomic mass is 10.1. The first-order valence-corrected chi connectivity index (χ1v) is 9.35. The number of thiophene rings is 1. The van der Waals surface area contributed by atoms with Crippen LogP contribution in [0.15, 0.2) is 47.9 Å². The maximum Gasteiger partial charge on any atom is 0.226 e. The van der Waals surface area contributed by atoms with Crippen molar-refractivity contribution in [3.8, 4) is 0 Å². The number of benzene rings is 1. The van der Waals surface area contributed by atoms with Gasteiger partial charge < -0.3 is 10.4 Å². The minimum Gasteiger partial charge on any atom is -0.396 e. The smallest absolute Gasteiger partial charge is 0.226 e. The third-order valence-electron chi connectivity index (χ3n) is 4.06. The molecule has 0 amide bonds. The van der Waals surface area contributed by atoms with Gasteiger partial charge in [-0.05, 0) is 41.6 Å². The molecule has 1 atom stereocenters. The van der Waals surface area contributed by atoms with Crippen LogP contribution in [0.25, 0.3) is 5.70 Å². The van der Waals surface area contributed by atoms with E-state index in [2.05, 4.69) is 32.9 Å². The summed E-state index contributed by atoms with van der Waals surface area (Å²) in [6, 6.07) is 11.9. The van der Waals surface area contributed by atoms with Gasteiger partial charge in [-0.15, -0.1) is 11.3 Å². The van der Waals surface area contributed by atoms with E-state index in [1.54, 1.807) is 11.3 Å². The van der Waals surface area contributed by atoms with E-state index in [9.17, 15) is 0 Å². The first-order valence-electron chi connectivity index (χ1n) is 8.09. The molecule has 2 aromatic heterocycles. The molecule has 25 heavy (non-hydrogen) atoms. The van der Waals surface area contributed by atoms with Crippen LogP contribution in [0.5, 0.6) is 0 Å². The fraction of sp³-hybridized carbons (Fsp3) is 0.222. The molecule has 0 unspecified atom stereocenters. The van der Waals surface area contributed by atoms with Gasteiger partial charge in [-0.25, -0.2) is 4.68 Å². The Kier molecular flexibility index (Phi) is 4.57. The van der Waals surface area contributed by atoms with Gasteiger partial charge in [-0.2, -0.15) is 10.1 Å². The Morgan fingerprint density at radius 2 is 2.08 bits per heavy atom.